The van der Waals surface area contributed by atoms with E-state index in [1.54, 1.807) is 38.3 Å². The molecule has 3 rings (SSSR count). The maximum atomic E-state index is 14.2. The van der Waals surface area contributed by atoms with Crippen molar-refractivity contribution in [3.63, 3.8) is 0 Å². The number of rotatable bonds is 10. The predicted octanol–water partition coefficient (Wildman–Crippen LogP) is 3.19. The zero-order valence-corrected chi connectivity index (χ0v) is 22.5. The smallest absolute Gasteiger partial charge is 0.350 e. The standard InChI is InChI=1S/C25H31FN4O6S/c1-15(2)36-27-16(3)19-13-29(14-21(35-6)18-12-17(26)9-10-20(18)34-5)25(33)30(23(19)31)28(4)24(32)22-8-7-11-37-22/h7-8,11-13,15,21H,9-10,14H2,1-6H3/b27-16+. The number of thiophene rings is 1. The highest BCUT2D eigenvalue weighted by Gasteiger charge is 2.26. The third-order valence-electron chi connectivity index (χ3n) is 5.72. The zero-order valence-electron chi connectivity index (χ0n) is 21.7. The van der Waals surface area contributed by atoms with Gasteiger partial charge >= 0.3 is 5.69 Å². The van der Waals surface area contributed by atoms with Crippen molar-refractivity contribution in [2.75, 3.05) is 26.3 Å². The molecular formula is C25H31FN4O6S. The number of allylic oxidation sites excluding steroid dienone is 2. The molecule has 1 aliphatic carbocycles. The molecule has 2 aromatic rings. The quantitative estimate of drug-likeness (QED) is 0.343. The number of hydrogen-bond acceptors (Lipinski definition) is 8. The first kappa shape index (κ1) is 28.1. The van der Waals surface area contributed by atoms with Gasteiger partial charge in [-0.3, -0.25) is 14.2 Å². The maximum absolute atomic E-state index is 14.2. The first-order valence-corrected chi connectivity index (χ1v) is 12.5. The Morgan fingerprint density at radius 2 is 2.00 bits per heavy atom. The molecule has 0 saturated heterocycles. The molecule has 1 amide bonds. The molecule has 0 fully saturated rings. The molecule has 200 valence electrons. The van der Waals surface area contributed by atoms with Crippen LogP contribution in [0.2, 0.25) is 0 Å². The minimum Gasteiger partial charge on any atom is -0.501 e. The van der Waals surface area contributed by atoms with E-state index in [1.165, 1.54) is 49.4 Å². The van der Waals surface area contributed by atoms with Crippen molar-refractivity contribution in [2.45, 2.75) is 52.4 Å². The van der Waals surface area contributed by atoms with Crippen LogP contribution < -0.4 is 16.3 Å². The molecule has 1 atom stereocenters. The fourth-order valence-corrected chi connectivity index (χ4v) is 4.48. The topological polar surface area (TPSA) is 104 Å². The summed E-state index contributed by atoms with van der Waals surface area (Å²) < 4.78 is 27.2. The van der Waals surface area contributed by atoms with Crippen molar-refractivity contribution in [3.8, 4) is 0 Å². The summed E-state index contributed by atoms with van der Waals surface area (Å²) in [5.74, 6) is -0.315. The van der Waals surface area contributed by atoms with E-state index < -0.39 is 23.3 Å². The van der Waals surface area contributed by atoms with Gasteiger partial charge in [-0.25, -0.2) is 14.2 Å². The number of aromatic nitrogens is 2. The Bertz CT molecular complexity index is 1340. The van der Waals surface area contributed by atoms with Gasteiger partial charge in [-0.05, 0) is 38.3 Å². The van der Waals surface area contributed by atoms with Crippen molar-refractivity contribution < 1.29 is 23.5 Å². The SMILES string of the molecule is COC1=C(C(Cn2cc(/C(C)=N/OC(C)C)c(=O)n(N(C)C(=O)c3cccs3)c2=O)OC)C=C(F)CC1. The van der Waals surface area contributed by atoms with Gasteiger partial charge in [0.15, 0.2) is 0 Å². The third kappa shape index (κ3) is 6.25. The van der Waals surface area contributed by atoms with E-state index in [1.807, 2.05) is 0 Å². The molecule has 0 N–H and O–H groups in total. The fraction of sp³-hybridized carbons (Fsp3) is 0.440. The van der Waals surface area contributed by atoms with E-state index in [0.29, 0.717) is 22.6 Å². The van der Waals surface area contributed by atoms with E-state index in [-0.39, 0.29) is 36.2 Å². The normalized spacial score (nSPS) is 15.0. The summed E-state index contributed by atoms with van der Waals surface area (Å²) in [6.07, 6.45) is 2.23. The van der Waals surface area contributed by atoms with Crippen LogP contribution in [0, 0.1) is 0 Å². The van der Waals surface area contributed by atoms with Crippen LogP contribution >= 0.6 is 11.3 Å². The van der Waals surface area contributed by atoms with Gasteiger partial charge in [-0.2, -0.15) is 4.68 Å². The number of ether oxygens (including phenoxy) is 2. The molecule has 12 heteroatoms. The Morgan fingerprint density at radius 1 is 1.27 bits per heavy atom. The number of methoxy groups -OCH3 is 2. The Labute approximate surface area is 217 Å². The molecule has 2 heterocycles. The van der Waals surface area contributed by atoms with Crippen molar-refractivity contribution in [2.24, 2.45) is 5.16 Å². The molecule has 0 aromatic carbocycles. The van der Waals surface area contributed by atoms with Crippen molar-refractivity contribution in [1.82, 2.24) is 9.24 Å². The van der Waals surface area contributed by atoms with Crippen LogP contribution in [0.1, 0.15) is 48.8 Å². The number of carbonyl (C=O) groups is 1. The Morgan fingerprint density at radius 3 is 2.59 bits per heavy atom. The lowest BCUT2D eigenvalue weighted by Gasteiger charge is -2.25. The van der Waals surface area contributed by atoms with Crippen molar-refractivity contribution in [1.29, 1.82) is 0 Å². The van der Waals surface area contributed by atoms with Gasteiger partial charge in [-0.15, -0.1) is 11.3 Å². The second-order valence-corrected chi connectivity index (χ2v) is 9.58. The van der Waals surface area contributed by atoms with Crippen LogP contribution in [0.3, 0.4) is 0 Å². The van der Waals surface area contributed by atoms with Crippen LogP contribution in [0.4, 0.5) is 4.39 Å². The molecule has 2 aromatic heterocycles. The van der Waals surface area contributed by atoms with Gasteiger partial charge in [-0.1, -0.05) is 11.2 Å². The van der Waals surface area contributed by atoms with E-state index in [9.17, 15) is 18.8 Å². The number of nitrogens with zero attached hydrogens (tertiary/aromatic N) is 4. The van der Waals surface area contributed by atoms with Crippen LogP contribution in [0.15, 0.2) is 61.7 Å². The highest BCUT2D eigenvalue weighted by Crippen LogP contribution is 2.28. The summed E-state index contributed by atoms with van der Waals surface area (Å²) in [6, 6.07) is 3.30. The number of hydrogen-bond donors (Lipinski definition) is 0. The van der Waals surface area contributed by atoms with E-state index >= 15 is 0 Å². The lowest BCUT2D eigenvalue weighted by molar-refractivity contribution is 0.0859. The average molecular weight is 535 g/mol. The van der Waals surface area contributed by atoms with Crippen molar-refractivity contribution in [3.05, 3.63) is 78.2 Å². The van der Waals surface area contributed by atoms with E-state index in [2.05, 4.69) is 5.16 Å². The molecule has 0 saturated carbocycles. The first-order valence-electron chi connectivity index (χ1n) is 11.6. The average Bonchev–Trinajstić information content (AvgIpc) is 3.41. The predicted molar refractivity (Wildman–Crippen MR) is 139 cm³/mol. The Kier molecular flexibility index (Phi) is 9.22. The lowest BCUT2D eigenvalue weighted by atomic mass is 9.99. The molecule has 0 spiro atoms. The number of halogens is 1. The van der Waals surface area contributed by atoms with Crippen molar-refractivity contribution >= 4 is 23.0 Å². The van der Waals surface area contributed by atoms with Gasteiger partial charge in [0.2, 0.25) is 0 Å². The maximum Gasteiger partial charge on any atom is 0.350 e. The molecule has 0 radical (unpaired) electrons. The summed E-state index contributed by atoms with van der Waals surface area (Å²) in [5.41, 5.74) is -0.798. The van der Waals surface area contributed by atoms with Crippen LogP contribution in [0.25, 0.3) is 0 Å². The monoisotopic (exact) mass is 534 g/mol. The van der Waals surface area contributed by atoms with Gasteiger partial charge < -0.3 is 14.3 Å². The number of carbonyl (C=O) groups excluding carboxylic acids is 1. The lowest BCUT2D eigenvalue weighted by Crippen LogP contribution is -2.54. The molecule has 1 unspecified atom stereocenters. The first-order chi connectivity index (χ1) is 17.6. The van der Waals surface area contributed by atoms with Crippen LogP contribution in [0.5, 0.6) is 0 Å². The second-order valence-electron chi connectivity index (χ2n) is 8.63. The summed E-state index contributed by atoms with van der Waals surface area (Å²) in [6.45, 7) is 5.04. The Balaban J connectivity index is 2.17. The largest absolute Gasteiger partial charge is 0.501 e. The van der Waals surface area contributed by atoms with Gasteiger partial charge in [0, 0.05) is 38.8 Å². The molecule has 0 aliphatic heterocycles. The highest BCUT2D eigenvalue weighted by molar-refractivity contribution is 7.12. The summed E-state index contributed by atoms with van der Waals surface area (Å²) >= 11 is 1.19. The minimum absolute atomic E-state index is 0.0484. The van der Waals surface area contributed by atoms with Crippen LogP contribution in [-0.2, 0) is 20.9 Å². The zero-order chi connectivity index (χ0) is 27.3. The molecular weight excluding hydrogens is 503 g/mol. The second kappa shape index (κ2) is 12.2. The van der Waals surface area contributed by atoms with Gasteiger partial charge in [0.05, 0.1) is 29.8 Å². The Hall–Kier alpha value is -3.51. The van der Waals surface area contributed by atoms with E-state index in [0.717, 1.165) is 9.69 Å². The van der Waals surface area contributed by atoms with Gasteiger partial charge in [0.1, 0.15) is 23.8 Å². The molecule has 37 heavy (non-hydrogen) atoms. The minimum atomic E-state index is -0.778. The molecule has 10 nitrogen and oxygen atoms in total. The van der Waals surface area contributed by atoms with Gasteiger partial charge in [0.25, 0.3) is 11.5 Å². The number of oxime groups is 1. The summed E-state index contributed by atoms with van der Waals surface area (Å²) in [7, 11) is 4.26. The summed E-state index contributed by atoms with van der Waals surface area (Å²) in [5, 5.41) is 6.70. The fourth-order valence-electron chi connectivity index (χ4n) is 3.79. The third-order valence-corrected chi connectivity index (χ3v) is 6.57. The molecule has 0 bridgehead atoms. The van der Waals surface area contributed by atoms with E-state index in [4.69, 9.17) is 14.3 Å². The van der Waals surface area contributed by atoms with Crippen LogP contribution in [-0.4, -0.2) is 54.3 Å². The summed E-state index contributed by atoms with van der Waals surface area (Å²) in [4.78, 5) is 45.7. The molecule has 1 aliphatic rings. The number of amides is 1. The highest BCUT2D eigenvalue weighted by atomic mass is 32.1.